The van der Waals surface area contributed by atoms with Crippen molar-refractivity contribution >= 4 is 35.2 Å². The third-order valence-corrected chi connectivity index (χ3v) is 7.41. The van der Waals surface area contributed by atoms with Gasteiger partial charge in [0, 0.05) is 30.1 Å². The van der Waals surface area contributed by atoms with Gasteiger partial charge >= 0.3 is 17.8 Å². The second-order valence-corrected chi connectivity index (χ2v) is 11.8. The van der Waals surface area contributed by atoms with Gasteiger partial charge in [0.15, 0.2) is 23.2 Å². The topological polar surface area (TPSA) is 151 Å². The van der Waals surface area contributed by atoms with Crippen LogP contribution in [0, 0.1) is 29.2 Å². The SMILES string of the molecule is CC(C)(C)c1ccccc1NC(=O)C(=O)NC1CCC(C(=O)N[C@@H](CCC(=O)O)C(=O)COc2c(F)c(F)cc(F)c2F)CC1. The van der Waals surface area contributed by atoms with E-state index >= 15 is 0 Å². The first-order valence-corrected chi connectivity index (χ1v) is 14.3. The Hall–Kier alpha value is -4.49. The number of carbonyl (C=O) groups excluding carboxylic acids is 4. The zero-order valence-corrected chi connectivity index (χ0v) is 25.0. The molecule has 0 aliphatic heterocycles. The highest BCUT2D eigenvalue weighted by molar-refractivity contribution is 6.39. The Morgan fingerprint density at radius 3 is 2.11 bits per heavy atom. The molecule has 0 aromatic heterocycles. The van der Waals surface area contributed by atoms with Crippen molar-refractivity contribution in [3.05, 3.63) is 59.2 Å². The monoisotopic (exact) mass is 637 g/mol. The molecule has 4 N–H and O–H groups in total. The smallest absolute Gasteiger partial charge is 0.313 e. The number of aliphatic carboxylic acids is 1. The summed E-state index contributed by atoms with van der Waals surface area (Å²) >= 11 is 0. The van der Waals surface area contributed by atoms with Gasteiger partial charge in [-0.15, -0.1) is 0 Å². The summed E-state index contributed by atoms with van der Waals surface area (Å²) in [7, 11) is 0. The van der Waals surface area contributed by atoms with Gasteiger partial charge in [0.2, 0.25) is 17.5 Å². The molecule has 1 saturated carbocycles. The lowest BCUT2D eigenvalue weighted by molar-refractivity contribution is -0.138. The summed E-state index contributed by atoms with van der Waals surface area (Å²) in [6.45, 7) is 4.81. The van der Waals surface area contributed by atoms with Gasteiger partial charge in [-0.2, -0.15) is 8.78 Å². The van der Waals surface area contributed by atoms with Crippen LogP contribution in [0.2, 0.25) is 0 Å². The Kier molecular flexibility index (Phi) is 11.7. The Morgan fingerprint density at radius 2 is 1.53 bits per heavy atom. The van der Waals surface area contributed by atoms with Crippen molar-refractivity contribution in [1.29, 1.82) is 0 Å². The average Bonchev–Trinajstić information content (AvgIpc) is 2.98. The number of ketones is 1. The summed E-state index contributed by atoms with van der Waals surface area (Å²) in [4.78, 5) is 62.0. The molecule has 14 heteroatoms. The molecule has 1 aliphatic carbocycles. The maximum absolute atomic E-state index is 13.9. The van der Waals surface area contributed by atoms with Crippen LogP contribution in [0.15, 0.2) is 30.3 Å². The van der Waals surface area contributed by atoms with Crippen LogP contribution in [0.1, 0.15) is 64.9 Å². The van der Waals surface area contributed by atoms with Gasteiger partial charge in [-0.05, 0) is 49.1 Å². The molecule has 1 aliphatic rings. The second-order valence-electron chi connectivity index (χ2n) is 11.8. The number of amides is 3. The lowest BCUT2D eigenvalue weighted by Gasteiger charge is -2.29. The maximum atomic E-state index is 13.9. The molecule has 0 bridgehead atoms. The summed E-state index contributed by atoms with van der Waals surface area (Å²) in [6, 6.07) is 5.27. The first-order valence-electron chi connectivity index (χ1n) is 14.3. The number of anilines is 1. The molecule has 2 aromatic carbocycles. The van der Waals surface area contributed by atoms with Crippen LogP contribution in [-0.4, -0.2) is 53.3 Å². The number of carboxylic acid groups (broad SMARTS) is 1. The minimum absolute atomic E-state index is 0.0303. The predicted molar refractivity (Wildman–Crippen MR) is 153 cm³/mol. The van der Waals surface area contributed by atoms with E-state index in [9.17, 15) is 41.5 Å². The van der Waals surface area contributed by atoms with Gasteiger partial charge in [-0.1, -0.05) is 39.0 Å². The minimum atomic E-state index is -1.86. The molecule has 0 saturated heterocycles. The molecule has 1 fully saturated rings. The van der Waals surface area contributed by atoms with Gasteiger partial charge in [0.05, 0.1) is 6.04 Å². The van der Waals surface area contributed by atoms with Crippen LogP contribution in [0.5, 0.6) is 5.75 Å². The van der Waals surface area contributed by atoms with Crippen LogP contribution in [-0.2, 0) is 29.4 Å². The van der Waals surface area contributed by atoms with E-state index in [0.29, 0.717) is 18.5 Å². The third-order valence-electron chi connectivity index (χ3n) is 7.41. The molecular formula is C31H35F4N3O7. The second kappa shape index (κ2) is 15.0. The predicted octanol–water partition coefficient (Wildman–Crippen LogP) is 4.15. The van der Waals surface area contributed by atoms with Crippen molar-refractivity contribution in [3.8, 4) is 5.75 Å². The fourth-order valence-corrected chi connectivity index (χ4v) is 4.97. The number of hydrogen-bond acceptors (Lipinski definition) is 6. The first-order chi connectivity index (χ1) is 21.1. The normalized spacial score (nSPS) is 17.1. The fraction of sp³-hybridized carbons (Fsp3) is 0.452. The molecule has 45 heavy (non-hydrogen) atoms. The van der Waals surface area contributed by atoms with Crippen LogP contribution >= 0.6 is 0 Å². The zero-order chi connectivity index (χ0) is 33.5. The van der Waals surface area contributed by atoms with Crippen molar-refractivity contribution in [2.75, 3.05) is 11.9 Å². The van der Waals surface area contributed by atoms with Crippen LogP contribution in [0.3, 0.4) is 0 Å². The highest BCUT2D eigenvalue weighted by Crippen LogP contribution is 2.30. The number of ether oxygens (including phenoxy) is 1. The molecule has 0 spiro atoms. The highest BCUT2D eigenvalue weighted by Gasteiger charge is 2.32. The van der Waals surface area contributed by atoms with E-state index in [1.54, 1.807) is 12.1 Å². The van der Waals surface area contributed by atoms with Crippen molar-refractivity contribution in [2.45, 2.75) is 76.8 Å². The molecule has 0 radical (unpaired) electrons. The van der Waals surface area contributed by atoms with E-state index in [1.165, 1.54) is 0 Å². The first kappa shape index (κ1) is 35.0. The van der Waals surface area contributed by atoms with Crippen LogP contribution in [0.25, 0.3) is 0 Å². The number of para-hydroxylation sites is 1. The van der Waals surface area contributed by atoms with Gasteiger partial charge in [0.25, 0.3) is 0 Å². The molecule has 2 aromatic rings. The Labute approximate surface area is 256 Å². The molecule has 0 unspecified atom stereocenters. The lowest BCUT2D eigenvalue weighted by Crippen LogP contribution is -2.48. The number of nitrogens with one attached hydrogen (secondary N) is 3. The summed E-state index contributed by atoms with van der Waals surface area (Å²) in [5.41, 5.74) is 1.09. The number of carboxylic acids is 1. The van der Waals surface area contributed by atoms with E-state index in [1.807, 2.05) is 32.9 Å². The van der Waals surface area contributed by atoms with Gasteiger partial charge < -0.3 is 25.8 Å². The van der Waals surface area contributed by atoms with Crippen LogP contribution in [0.4, 0.5) is 23.2 Å². The molecular weight excluding hydrogens is 602 g/mol. The average molecular weight is 638 g/mol. The van der Waals surface area contributed by atoms with E-state index in [2.05, 4.69) is 20.7 Å². The Bertz CT molecular complexity index is 1430. The molecule has 244 valence electrons. The number of carbonyl (C=O) groups is 5. The van der Waals surface area contributed by atoms with E-state index in [0.717, 1.165) is 5.56 Å². The third kappa shape index (κ3) is 9.50. The minimum Gasteiger partial charge on any atom is -0.481 e. The quantitative estimate of drug-likeness (QED) is 0.164. The zero-order valence-electron chi connectivity index (χ0n) is 25.0. The summed E-state index contributed by atoms with van der Waals surface area (Å²) < 4.78 is 59.4. The summed E-state index contributed by atoms with van der Waals surface area (Å²) in [5.74, 6) is -13.8. The van der Waals surface area contributed by atoms with E-state index in [-0.39, 0.29) is 30.7 Å². The maximum Gasteiger partial charge on any atom is 0.313 e. The molecule has 10 nitrogen and oxygen atoms in total. The van der Waals surface area contributed by atoms with Gasteiger partial charge in [-0.25, -0.2) is 8.78 Å². The van der Waals surface area contributed by atoms with E-state index in [4.69, 9.17) is 5.11 Å². The number of halogens is 4. The largest absolute Gasteiger partial charge is 0.481 e. The van der Waals surface area contributed by atoms with Crippen molar-refractivity contribution in [2.24, 2.45) is 5.92 Å². The molecule has 0 heterocycles. The highest BCUT2D eigenvalue weighted by atomic mass is 19.2. The summed E-state index contributed by atoms with van der Waals surface area (Å²) in [6.07, 6.45) is 0.257. The van der Waals surface area contributed by atoms with Crippen LogP contribution < -0.4 is 20.7 Å². The van der Waals surface area contributed by atoms with Crippen molar-refractivity contribution in [3.63, 3.8) is 0 Å². The Morgan fingerprint density at radius 1 is 0.933 bits per heavy atom. The standard InChI is InChI=1S/C31H35F4N3O7/c1-31(2,3)18-6-4-5-7-21(18)37-30(44)29(43)36-17-10-8-16(9-11-17)28(42)38-22(12-13-24(40)41)23(39)15-45-27-25(34)19(32)14-20(33)26(27)35/h4-7,14,16-17,22H,8-13,15H2,1-3H3,(H,36,43)(H,37,44)(H,38,42)(H,40,41)/t16?,17?,22-/m0/s1. The lowest BCUT2D eigenvalue weighted by atomic mass is 9.85. The van der Waals surface area contributed by atoms with E-state index < -0.39 is 89.5 Å². The molecule has 3 amide bonds. The van der Waals surface area contributed by atoms with Crippen molar-refractivity contribution < 1.29 is 51.4 Å². The Balaban J connectivity index is 1.55. The fourth-order valence-electron chi connectivity index (χ4n) is 4.97. The molecule has 1 atom stereocenters. The molecule has 3 rings (SSSR count). The summed E-state index contributed by atoms with van der Waals surface area (Å²) in [5, 5.41) is 16.8. The number of benzene rings is 2. The van der Waals surface area contributed by atoms with Gasteiger partial charge in [0.1, 0.15) is 6.61 Å². The van der Waals surface area contributed by atoms with Gasteiger partial charge in [-0.3, -0.25) is 24.0 Å². The number of rotatable bonds is 11. The number of Topliss-reactive ketones (excluding diaryl/α,β-unsaturated/α-hetero) is 1. The number of hydrogen-bond donors (Lipinski definition) is 4. The van der Waals surface area contributed by atoms with Crippen molar-refractivity contribution in [1.82, 2.24) is 10.6 Å².